The van der Waals surface area contributed by atoms with Crippen molar-refractivity contribution in [3.63, 3.8) is 0 Å². The highest BCUT2D eigenvalue weighted by Gasteiger charge is 2.25. The molecule has 1 N–H and O–H groups in total. The molecule has 0 aromatic heterocycles. The Morgan fingerprint density at radius 1 is 1.45 bits per heavy atom. The highest BCUT2D eigenvalue weighted by atomic mass is 16.5. The molecule has 1 aromatic carbocycles. The Hall–Kier alpha value is -1.55. The Morgan fingerprint density at radius 3 is 2.90 bits per heavy atom. The first-order valence-electron chi connectivity index (χ1n) is 7.29. The number of anilines is 1. The summed E-state index contributed by atoms with van der Waals surface area (Å²) in [5, 5.41) is 2.97. The predicted molar refractivity (Wildman–Crippen MR) is 81.1 cm³/mol. The van der Waals surface area contributed by atoms with Crippen molar-refractivity contribution >= 4 is 11.6 Å². The molecule has 1 aliphatic rings. The molecule has 0 aliphatic carbocycles. The van der Waals surface area contributed by atoms with Gasteiger partial charge in [-0.3, -0.25) is 9.69 Å². The van der Waals surface area contributed by atoms with Gasteiger partial charge in [0.15, 0.2) is 0 Å². The van der Waals surface area contributed by atoms with Crippen LogP contribution in [0.25, 0.3) is 0 Å². The van der Waals surface area contributed by atoms with Crippen LogP contribution in [0, 0.1) is 5.92 Å². The number of carbonyl (C=O) groups is 1. The van der Waals surface area contributed by atoms with Gasteiger partial charge in [0.25, 0.3) is 0 Å². The standard InChI is InChI=1S/C16H24N2O2/c1-12-7-6-10-18(11-12)13(2)16(19)17-14-8-4-5-9-15(14)20-3/h4-5,8-9,12-13H,6-7,10-11H2,1-3H3,(H,17,19)/t12-,13+/m0/s1. The zero-order valence-electron chi connectivity index (χ0n) is 12.6. The van der Waals surface area contributed by atoms with Crippen LogP contribution in [0.1, 0.15) is 26.7 Å². The van der Waals surface area contributed by atoms with Crippen molar-refractivity contribution in [2.24, 2.45) is 5.92 Å². The lowest BCUT2D eigenvalue weighted by atomic mass is 9.99. The third-order valence-electron chi connectivity index (χ3n) is 3.98. The van der Waals surface area contributed by atoms with Gasteiger partial charge >= 0.3 is 0 Å². The van der Waals surface area contributed by atoms with Gasteiger partial charge in [-0.2, -0.15) is 0 Å². The minimum absolute atomic E-state index is 0.0311. The lowest BCUT2D eigenvalue weighted by Gasteiger charge is -2.34. The third-order valence-corrected chi connectivity index (χ3v) is 3.98. The van der Waals surface area contributed by atoms with Gasteiger partial charge < -0.3 is 10.1 Å². The first-order valence-corrected chi connectivity index (χ1v) is 7.29. The zero-order chi connectivity index (χ0) is 14.5. The first-order chi connectivity index (χ1) is 9.61. The summed E-state index contributed by atoms with van der Waals surface area (Å²) in [6, 6.07) is 7.39. The Kier molecular flexibility index (Phi) is 5.01. The van der Waals surface area contributed by atoms with E-state index in [2.05, 4.69) is 17.1 Å². The van der Waals surface area contributed by atoms with E-state index in [9.17, 15) is 4.79 Å². The highest BCUT2D eigenvalue weighted by Crippen LogP contribution is 2.24. The summed E-state index contributed by atoms with van der Waals surface area (Å²) >= 11 is 0. The van der Waals surface area contributed by atoms with Crippen LogP contribution in [-0.4, -0.2) is 37.0 Å². The summed E-state index contributed by atoms with van der Waals surface area (Å²) in [6.07, 6.45) is 2.44. The van der Waals surface area contributed by atoms with Crippen LogP contribution in [0.4, 0.5) is 5.69 Å². The van der Waals surface area contributed by atoms with E-state index in [0.717, 1.165) is 18.8 Å². The molecule has 0 radical (unpaired) electrons. The van der Waals surface area contributed by atoms with E-state index in [1.807, 2.05) is 31.2 Å². The highest BCUT2D eigenvalue weighted by molar-refractivity contribution is 5.95. The second kappa shape index (κ2) is 6.75. The first kappa shape index (κ1) is 14.9. The molecular weight excluding hydrogens is 252 g/mol. The van der Waals surface area contributed by atoms with Gasteiger partial charge in [0.1, 0.15) is 5.75 Å². The Labute approximate surface area is 121 Å². The van der Waals surface area contributed by atoms with E-state index < -0.39 is 0 Å². The summed E-state index contributed by atoms with van der Waals surface area (Å²) in [7, 11) is 1.61. The maximum Gasteiger partial charge on any atom is 0.241 e. The number of nitrogens with zero attached hydrogens (tertiary/aromatic N) is 1. The van der Waals surface area contributed by atoms with Crippen LogP contribution in [0.5, 0.6) is 5.75 Å². The van der Waals surface area contributed by atoms with Crippen molar-refractivity contribution < 1.29 is 9.53 Å². The van der Waals surface area contributed by atoms with Gasteiger partial charge in [-0.05, 0) is 44.4 Å². The second-order valence-electron chi connectivity index (χ2n) is 5.61. The predicted octanol–water partition coefficient (Wildman–Crippen LogP) is 2.75. The second-order valence-corrected chi connectivity index (χ2v) is 5.61. The number of likely N-dealkylation sites (tertiary alicyclic amines) is 1. The van der Waals surface area contributed by atoms with Crippen molar-refractivity contribution in [3.05, 3.63) is 24.3 Å². The van der Waals surface area contributed by atoms with Crippen LogP contribution >= 0.6 is 0 Å². The summed E-state index contributed by atoms with van der Waals surface area (Å²) in [6.45, 7) is 6.23. The molecule has 4 nitrogen and oxygen atoms in total. The molecular formula is C16H24N2O2. The van der Waals surface area contributed by atoms with Crippen molar-refractivity contribution in [1.82, 2.24) is 4.90 Å². The molecule has 4 heteroatoms. The normalized spacial score (nSPS) is 21.2. The Morgan fingerprint density at radius 2 is 2.20 bits per heavy atom. The number of benzene rings is 1. The number of amides is 1. The molecule has 110 valence electrons. The van der Waals surface area contributed by atoms with E-state index in [1.54, 1.807) is 7.11 Å². The summed E-state index contributed by atoms with van der Waals surface area (Å²) < 4.78 is 5.26. The van der Waals surface area contributed by atoms with E-state index in [-0.39, 0.29) is 11.9 Å². The fourth-order valence-corrected chi connectivity index (χ4v) is 2.73. The number of hydrogen-bond acceptors (Lipinski definition) is 3. The molecule has 0 unspecified atom stereocenters. The minimum atomic E-state index is -0.109. The molecule has 2 rings (SSSR count). The monoisotopic (exact) mass is 276 g/mol. The minimum Gasteiger partial charge on any atom is -0.495 e. The van der Waals surface area contributed by atoms with Crippen LogP contribution in [0.3, 0.4) is 0 Å². The molecule has 1 saturated heterocycles. The molecule has 1 aromatic rings. The number of carbonyl (C=O) groups excluding carboxylic acids is 1. The van der Waals surface area contributed by atoms with Crippen molar-refractivity contribution in [1.29, 1.82) is 0 Å². The van der Waals surface area contributed by atoms with Crippen LogP contribution in [0.15, 0.2) is 24.3 Å². The van der Waals surface area contributed by atoms with Gasteiger partial charge in [0.05, 0.1) is 18.8 Å². The molecule has 1 aliphatic heterocycles. The fraction of sp³-hybridized carbons (Fsp3) is 0.562. The molecule has 2 atom stereocenters. The van der Waals surface area contributed by atoms with Gasteiger partial charge in [-0.15, -0.1) is 0 Å². The number of ether oxygens (including phenoxy) is 1. The van der Waals surface area contributed by atoms with Crippen molar-refractivity contribution in [2.45, 2.75) is 32.7 Å². The number of nitrogens with one attached hydrogen (secondary N) is 1. The van der Waals surface area contributed by atoms with Gasteiger partial charge in [-0.1, -0.05) is 19.1 Å². The lowest BCUT2D eigenvalue weighted by Crippen LogP contribution is -2.46. The van der Waals surface area contributed by atoms with Crippen LogP contribution in [0.2, 0.25) is 0 Å². The summed E-state index contributed by atoms with van der Waals surface area (Å²) in [4.78, 5) is 14.6. The molecule has 20 heavy (non-hydrogen) atoms. The van der Waals surface area contributed by atoms with Crippen molar-refractivity contribution in [3.8, 4) is 5.75 Å². The third kappa shape index (κ3) is 3.51. The maximum absolute atomic E-state index is 12.4. The van der Waals surface area contributed by atoms with E-state index in [0.29, 0.717) is 11.7 Å². The number of rotatable bonds is 4. The molecule has 0 bridgehead atoms. The van der Waals surface area contributed by atoms with Gasteiger partial charge in [0, 0.05) is 6.54 Å². The number of hydrogen-bond donors (Lipinski definition) is 1. The molecule has 0 saturated carbocycles. The SMILES string of the molecule is COc1ccccc1NC(=O)[C@@H](C)N1CCC[C@H](C)C1. The fourth-order valence-electron chi connectivity index (χ4n) is 2.73. The van der Waals surface area contributed by atoms with E-state index in [1.165, 1.54) is 12.8 Å². The average Bonchev–Trinajstić information content (AvgIpc) is 2.47. The Balaban J connectivity index is 2.00. The summed E-state index contributed by atoms with van der Waals surface area (Å²) in [5.74, 6) is 1.40. The zero-order valence-corrected chi connectivity index (χ0v) is 12.6. The quantitative estimate of drug-likeness (QED) is 0.919. The molecule has 1 fully saturated rings. The topological polar surface area (TPSA) is 41.6 Å². The lowest BCUT2D eigenvalue weighted by molar-refractivity contribution is -0.121. The van der Waals surface area contributed by atoms with Crippen molar-refractivity contribution in [2.75, 3.05) is 25.5 Å². The van der Waals surface area contributed by atoms with Crippen LogP contribution in [-0.2, 0) is 4.79 Å². The molecule has 1 amide bonds. The smallest absolute Gasteiger partial charge is 0.241 e. The maximum atomic E-state index is 12.4. The average molecular weight is 276 g/mol. The van der Waals surface area contributed by atoms with Gasteiger partial charge in [0.2, 0.25) is 5.91 Å². The van der Waals surface area contributed by atoms with Gasteiger partial charge in [-0.25, -0.2) is 0 Å². The molecule has 1 heterocycles. The Bertz CT molecular complexity index is 462. The number of methoxy groups -OCH3 is 1. The number of piperidine rings is 1. The van der Waals surface area contributed by atoms with Crippen LogP contribution < -0.4 is 10.1 Å². The molecule has 0 spiro atoms. The number of para-hydroxylation sites is 2. The van der Waals surface area contributed by atoms with E-state index >= 15 is 0 Å². The largest absolute Gasteiger partial charge is 0.495 e. The summed E-state index contributed by atoms with van der Waals surface area (Å²) in [5.41, 5.74) is 0.733. The van der Waals surface area contributed by atoms with E-state index in [4.69, 9.17) is 4.74 Å².